The predicted molar refractivity (Wildman–Crippen MR) is 273 cm³/mol. The van der Waals surface area contributed by atoms with E-state index in [2.05, 4.69) is 67.8 Å². The third-order valence-corrected chi connectivity index (χ3v) is 12.4. The second-order valence-corrected chi connectivity index (χ2v) is 18.6. The molecule has 2 unspecified atom stereocenters. The molecule has 0 fully saturated rings. The number of esters is 1. The molecule has 0 heterocycles. The summed E-state index contributed by atoms with van der Waals surface area (Å²) in [6, 6.07) is -0.548. The van der Waals surface area contributed by atoms with Gasteiger partial charge in [0.2, 0.25) is 5.91 Å². The molecule has 0 aromatic carbocycles. The highest BCUT2D eigenvalue weighted by Crippen LogP contribution is 2.15. The first kappa shape index (κ1) is 60.8. The van der Waals surface area contributed by atoms with Crippen molar-refractivity contribution in [2.24, 2.45) is 0 Å². The average Bonchev–Trinajstić information content (AvgIpc) is 3.28. The summed E-state index contributed by atoms with van der Waals surface area (Å²) in [7, 11) is 0. The summed E-state index contributed by atoms with van der Waals surface area (Å²) in [6.45, 7) is 4.86. The van der Waals surface area contributed by atoms with Crippen molar-refractivity contribution in [1.29, 1.82) is 0 Å². The van der Waals surface area contributed by atoms with Crippen LogP contribution in [0.15, 0.2) is 48.6 Å². The SMILES string of the molecule is CCCCCC/C=C\C/C=C\CCCCCCCCCC(=O)OCCCCC/C=C\C=C/CCCCCCCCCCCCC(=O)NC(CO)C(O)CCCCCCCCCCC. The number of hydrogen-bond acceptors (Lipinski definition) is 5. The highest BCUT2D eigenvalue weighted by atomic mass is 16.5. The Morgan fingerprint density at radius 1 is 0.460 bits per heavy atom. The summed E-state index contributed by atoms with van der Waals surface area (Å²) in [5, 5.41) is 23.1. The van der Waals surface area contributed by atoms with Crippen LogP contribution < -0.4 is 5.32 Å². The van der Waals surface area contributed by atoms with Crippen molar-refractivity contribution in [2.45, 2.75) is 289 Å². The van der Waals surface area contributed by atoms with Gasteiger partial charge in [-0.15, -0.1) is 0 Å². The summed E-state index contributed by atoms with van der Waals surface area (Å²) in [5.41, 5.74) is 0. The van der Waals surface area contributed by atoms with Gasteiger partial charge in [0.15, 0.2) is 0 Å². The molecule has 0 aliphatic rings. The molecule has 0 aliphatic heterocycles. The number of aliphatic hydroxyl groups is 2. The lowest BCUT2D eigenvalue weighted by Crippen LogP contribution is -2.45. The summed E-state index contributed by atoms with van der Waals surface area (Å²) >= 11 is 0. The highest BCUT2D eigenvalue weighted by molar-refractivity contribution is 5.76. The van der Waals surface area contributed by atoms with Crippen LogP contribution >= 0.6 is 0 Å². The van der Waals surface area contributed by atoms with Gasteiger partial charge < -0.3 is 20.3 Å². The van der Waals surface area contributed by atoms with Crippen molar-refractivity contribution >= 4 is 11.9 Å². The molecule has 0 bridgehead atoms. The Morgan fingerprint density at radius 3 is 1.32 bits per heavy atom. The molecule has 0 aromatic heterocycles. The van der Waals surface area contributed by atoms with Crippen LogP contribution in [-0.2, 0) is 14.3 Å². The molecule has 63 heavy (non-hydrogen) atoms. The van der Waals surface area contributed by atoms with Gasteiger partial charge in [-0.25, -0.2) is 0 Å². The fraction of sp³-hybridized carbons (Fsp3) is 0.825. The Bertz CT molecular complexity index is 1070. The van der Waals surface area contributed by atoms with E-state index >= 15 is 0 Å². The van der Waals surface area contributed by atoms with Crippen molar-refractivity contribution in [1.82, 2.24) is 5.32 Å². The monoisotopic (exact) mass is 884 g/mol. The minimum absolute atomic E-state index is 0.0215. The quantitative estimate of drug-likeness (QED) is 0.0245. The van der Waals surface area contributed by atoms with Crippen LogP contribution in [0.25, 0.3) is 0 Å². The molecule has 368 valence electrons. The normalized spacial score (nSPS) is 13.0. The van der Waals surface area contributed by atoms with Crippen molar-refractivity contribution in [3.63, 3.8) is 0 Å². The van der Waals surface area contributed by atoms with Crippen LogP contribution in [0.1, 0.15) is 277 Å². The number of rotatable bonds is 50. The van der Waals surface area contributed by atoms with Gasteiger partial charge in [-0.1, -0.05) is 223 Å². The van der Waals surface area contributed by atoms with E-state index in [1.54, 1.807) is 0 Å². The zero-order chi connectivity index (χ0) is 45.8. The maximum absolute atomic E-state index is 12.4. The molecular weight excluding hydrogens is 779 g/mol. The molecule has 2 atom stereocenters. The van der Waals surface area contributed by atoms with Crippen molar-refractivity contribution in [3.05, 3.63) is 48.6 Å². The van der Waals surface area contributed by atoms with E-state index < -0.39 is 12.1 Å². The molecule has 0 rings (SSSR count). The maximum atomic E-state index is 12.4. The Morgan fingerprint density at radius 2 is 0.841 bits per heavy atom. The first-order chi connectivity index (χ1) is 31.0. The Balaban J connectivity index is 3.46. The Labute approximate surface area is 391 Å². The number of nitrogens with one attached hydrogen (secondary N) is 1. The van der Waals surface area contributed by atoms with Crippen LogP contribution in [0.5, 0.6) is 0 Å². The van der Waals surface area contributed by atoms with Gasteiger partial charge in [-0.2, -0.15) is 0 Å². The molecule has 6 heteroatoms. The zero-order valence-electron chi connectivity index (χ0n) is 41.8. The van der Waals surface area contributed by atoms with Gasteiger partial charge in [0.05, 0.1) is 25.4 Å². The number of carbonyl (C=O) groups is 2. The van der Waals surface area contributed by atoms with Gasteiger partial charge in [0.1, 0.15) is 0 Å². The third-order valence-electron chi connectivity index (χ3n) is 12.4. The lowest BCUT2D eigenvalue weighted by atomic mass is 10.0. The topological polar surface area (TPSA) is 95.9 Å². The Kier molecular flexibility index (Phi) is 50.6. The van der Waals surface area contributed by atoms with Crippen LogP contribution in [-0.4, -0.2) is 47.4 Å². The lowest BCUT2D eigenvalue weighted by molar-refractivity contribution is -0.143. The molecule has 0 aliphatic carbocycles. The van der Waals surface area contributed by atoms with Crippen LogP contribution in [0.2, 0.25) is 0 Å². The van der Waals surface area contributed by atoms with E-state index in [0.29, 0.717) is 25.9 Å². The molecule has 0 spiro atoms. The van der Waals surface area contributed by atoms with E-state index in [4.69, 9.17) is 4.74 Å². The van der Waals surface area contributed by atoms with Gasteiger partial charge >= 0.3 is 5.97 Å². The standard InChI is InChI=1S/C57H105NO5/c1-3-5-7-9-11-13-14-15-16-17-22-25-28-31-35-39-43-47-51-57(62)63-52-48-44-40-36-32-29-26-23-20-18-19-21-24-27-30-34-38-42-46-50-56(61)58-54(53-59)55(60)49-45-41-37-33-12-10-8-6-4-2/h13-14,16-17,23,26,29,32,54-55,59-60H,3-12,15,18-22,24-25,27-28,30-31,33-53H2,1-2H3,(H,58,61)/b14-13-,17-16-,26-23-,32-29-. The number of carbonyl (C=O) groups excluding carboxylic acids is 2. The first-order valence-corrected chi connectivity index (χ1v) is 27.4. The second-order valence-electron chi connectivity index (χ2n) is 18.6. The molecule has 0 saturated heterocycles. The summed E-state index contributed by atoms with van der Waals surface area (Å²) < 4.78 is 5.45. The molecule has 3 N–H and O–H groups in total. The minimum Gasteiger partial charge on any atom is -0.466 e. The fourth-order valence-corrected chi connectivity index (χ4v) is 8.13. The molecule has 0 aromatic rings. The van der Waals surface area contributed by atoms with E-state index in [9.17, 15) is 19.8 Å². The van der Waals surface area contributed by atoms with Crippen LogP contribution in [0.4, 0.5) is 0 Å². The molecule has 1 amide bonds. The van der Waals surface area contributed by atoms with Gasteiger partial charge in [-0.3, -0.25) is 9.59 Å². The van der Waals surface area contributed by atoms with E-state index in [-0.39, 0.29) is 18.5 Å². The summed E-state index contributed by atoms with van der Waals surface area (Å²) in [6.07, 6.45) is 65.3. The summed E-state index contributed by atoms with van der Waals surface area (Å²) in [4.78, 5) is 24.4. The smallest absolute Gasteiger partial charge is 0.305 e. The first-order valence-electron chi connectivity index (χ1n) is 27.4. The van der Waals surface area contributed by atoms with Crippen LogP contribution in [0, 0.1) is 0 Å². The highest BCUT2D eigenvalue weighted by Gasteiger charge is 2.20. The van der Waals surface area contributed by atoms with Gasteiger partial charge in [0, 0.05) is 12.8 Å². The fourth-order valence-electron chi connectivity index (χ4n) is 8.13. The second kappa shape index (κ2) is 52.4. The third kappa shape index (κ3) is 49.1. The number of unbranched alkanes of at least 4 members (excludes halogenated alkanes) is 32. The largest absolute Gasteiger partial charge is 0.466 e. The van der Waals surface area contributed by atoms with Crippen molar-refractivity contribution in [3.8, 4) is 0 Å². The van der Waals surface area contributed by atoms with E-state index in [0.717, 1.165) is 77.0 Å². The van der Waals surface area contributed by atoms with E-state index in [1.165, 1.54) is 167 Å². The van der Waals surface area contributed by atoms with Crippen molar-refractivity contribution < 1.29 is 24.5 Å². The minimum atomic E-state index is -0.670. The number of aliphatic hydroxyl groups excluding tert-OH is 2. The predicted octanol–water partition coefficient (Wildman–Crippen LogP) is 16.6. The zero-order valence-corrected chi connectivity index (χ0v) is 41.8. The maximum Gasteiger partial charge on any atom is 0.305 e. The molecule has 6 nitrogen and oxygen atoms in total. The lowest BCUT2D eigenvalue weighted by Gasteiger charge is -2.22. The van der Waals surface area contributed by atoms with Crippen LogP contribution in [0.3, 0.4) is 0 Å². The number of amides is 1. The number of hydrogen-bond donors (Lipinski definition) is 3. The molecular formula is C57H105NO5. The van der Waals surface area contributed by atoms with Gasteiger partial charge in [-0.05, 0) is 89.9 Å². The molecule has 0 saturated carbocycles. The van der Waals surface area contributed by atoms with Gasteiger partial charge in [0.25, 0.3) is 0 Å². The number of ether oxygens (including phenoxy) is 1. The average molecular weight is 884 g/mol. The number of allylic oxidation sites excluding steroid dienone is 8. The van der Waals surface area contributed by atoms with E-state index in [1.807, 2.05) is 0 Å². The summed E-state index contributed by atoms with van der Waals surface area (Å²) in [5.74, 6) is -0.0701. The molecule has 0 radical (unpaired) electrons. The Hall–Kier alpha value is -2.18. The van der Waals surface area contributed by atoms with Crippen molar-refractivity contribution in [2.75, 3.05) is 13.2 Å².